The van der Waals surface area contributed by atoms with E-state index in [-0.39, 0.29) is 11.9 Å². The van der Waals surface area contributed by atoms with Gasteiger partial charge in [-0.3, -0.25) is 9.59 Å². The summed E-state index contributed by atoms with van der Waals surface area (Å²) in [7, 11) is 0. The van der Waals surface area contributed by atoms with Crippen LogP contribution in [0.3, 0.4) is 0 Å². The Morgan fingerprint density at radius 1 is 1.07 bits per heavy atom. The summed E-state index contributed by atoms with van der Waals surface area (Å²) >= 11 is 1.62. The van der Waals surface area contributed by atoms with Gasteiger partial charge < -0.3 is 24.8 Å². The van der Waals surface area contributed by atoms with Gasteiger partial charge in [0.2, 0.25) is 0 Å². The van der Waals surface area contributed by atoms with Crippen molar-refractivity contribution in [3.05, 3.63) is 0 Å². The van der Waals surface area contributed by atoms with Crippen LogP contribution in [0.4, 0.5) is 4.79 Å². The zero-order valence-electron chi connectivity index (χ0n) is 18.6. The van der Waals surface area contributed by atoms with E-state index in [0.29, 0.717) is 19.5 Å². The third kappa shape index (κ3) is 8.42. The summed E-state index contributed by atoms with van der Waals surface area (Å²) in [6.45, 7) is 13.2. The Balaban J connectivity index is 3.23. The van der Waals surface area contributed by atoms with E-state index in [1.54, 1.807) is 60.2 Å². The number of hydrogen-bond donors (Lipinski definition) is 1. The average Bonchev–Trinajstić information content (AvgIpc) is 2.93. The van der Waals surface area contributed by atoms with Crippen molar-refractivity contribution in [2.24, 2.45) is 11.7 Å². The number of esters is 2. The van der Waals surface area contributed by atoms with Crippen LogP contribution in [-0.4, -0.2) is 70.9 Å². The lowest BCUT2D eigenvalue weighted by atomic mass is 9.96. The number of nitrogens with two attached hydrogens (primary N) is 1. The largest absolute Gasteiger partial charge is 0.459 e. The molecule has 0 aromatic carbocycles. The highest BCUT2D eigenvalue weighted by Crippen LogP contribution is 2.34. The van der Waals surface area contributed by atoms with Gasteiger partial charge in [0, 0.05) is 24.1 Å². The van der Waals surface area contributed by atoms with Crippen LogP contribution in [0.1, 0.15) is 54.9 Å². The van der Waals surface area contributed by atoms with Gasteiger partial charge in [-0.1, -0.05) is 0 Å². The molecule has 1 fully saturated rings. The summed E-state index contributed by atoms with van der Waals surface area (Å²) in [5.41, 5.74) is 4.05. The molecule has 1 rings (SSSR count). The van der Waals surface area contributed by atoms with E-state index in [1.807, 2.05) is 0 Å². The van der Waals surface area contributed by atoms with Crippen molar-refractivity contribution in [1.29, 1.82) is 0 Å². The van der Waals surface area contributed by atoms with Crippen molar-refractivity contribution in [1.82, 2.24) is 4.90 Å². The van der Waals surface area contributed by atoms with Crippen LogP contribution in [0.25, 0.3) is 0 Å². The first-order valence-corrected chi connectivity index (χ1v) is 11.0. The minimum Gasteiger partial charge on any atom is -0.459 e. The fraction of sp³-hybridized carbons (Fsp3) is 0.850. The number of nitrogens with zero attached hydrogens (tertiary/aromatic N) is 1. The second kappa shape index (κ2) is 10.5. The maximum Gasteiger partial charge on any atom is 0.410 e. The molecule has 168 valence electrons. The highest BCUT2D eigenvalue weighted by molar-refractivity contribution is 7.99. The molecular weight excluding hydrogens is 396 g/mol. The van der Waals surface area contributed by atoms with Crippen molar-refractivity contribution in [2.75, 3.05) is 25.4 Å². The maximum atomic E-state index is 13.0. The minimum absolute atomic E-state index is 0.0420. The summed E-state index contributed by atoms with van der Waals surface area (Å²) in [5.74, 6) is -1.93. The molecule has 0 aliphatic carbocycles. The van der Waals surface area contributed by atoms with E-state index in [4.69, 9.17) is 19.9 Å². The zero-order valence-corrected chi connectivity index (χ0v) is 19.5. The van der Waals surface area contributed by atoms with Gasteiger partial charge in [-0.25, -0.2) is 4.79 Å². The van der Waals surface area contributed by atoms with E-state index < -0.39 is 41.2 Å². The summed E-state index contributed by atoms with van der Waals surface area (Å²) in [4.78, 5) is 40.0. The maximum absolute atomic E-state index is 13.0. The van der Waals surface area contributed by atoms with Gasteiger partial charge in [0.1, 0.15) is 11.2 Å². The standard InChI is InChI=1S/C20H36N2O6S/c1-8-26-18(25)22-12-13(29-10-9-21)11-14(22)15(16(23)27-19(2,3)4)17(24)28-20(5,6)7/h13-15H,8-12,21H2,1-7H3/t13-,14+/m1/s1. The van der Waals surface area contributed by atoms with Gasteiger partial charge in [-0.2, -0.15) is 11.8 Å². The summed E-state index contributed by atoms with van der Waals surface area (Å²) in [6, 6.07) is -0.700. The van der Waals surface area contributed by atoms with Crippen LogP contribution in [0.2, 0.25) is 0 Å². The van der Waals surface area contributed by atoms with Crippen LogP contribution in [0.5, 0.6) is 0 Å². The van der Waals surface area contributed by atoms with Crippen LogP contribution in [0.15, 0.2) is 0 Å². The molecule has 0 saturated carbocycles. The number of amides is 1. The molecule has 0 bridgehead atoms. The predicted octanol–water partition coefficient (Wildman–Crippen LogP) is 2.58. The lowest BCUT2D eigenvalue weighted by molar-refractivity contribution is -0.177. The molecule has 0 aromatic rings. The molecule has 1 heterocycles. The molecule has 1 aliphatic heterocycles. The van der Waals surface area contributed by atoms with Gasteiger partial charge in [-0.05, 0) is 54.9 Å². The summed E-state index contributed by atoms with van der Waals surface area (Å²) in [6.07, 6.45) is -0.0995. The van der Waals surface area contributed by atoms with Crippen LogP contribution in [-0.2, 0) is 23.8 Å². The highest BCUT2D eigenvalue weighted by Gasteiger charge is 2.49. The van der Waals surface area contributed by atoms with Crippen molar-refractivity contribution >= 4 is 29.8 Å². The first-order valence-electron chi connectivity index (χ1n) is 9.99. The number of likely N-dealkylation sites (tertiary alicyclic amines) is 1. The molecule has 9 heteroatoms. The summed E-state index contributed by atoms with van der Waals surface area (Å²) < 4.78 is 16.2. The van der Waals surface area contributed by atoms with Crippen LogP contribution in [0, 0.1) is 5.92 Å². The van der Waals surface area contributed by atoms with E-state index >= 15 is 0 Å². The van der Waals surface area contributed by atoms with Crippen LogP contribution >= 0.6 is 11.8 Å². The molecule has 29 heavy (non-hydrogen) atoms. The summed E-state index contributed by atoms with van der Waals surface area (Å²) in [5, 5.41) is 0.0420. The third-order valence-electron chi connectivity index (χ3n) is 3.98. The molecule has 0 spiro atoms. The lowest BCUT2D eigenvalue weighted by Crippen LogP contribution is -2.49. The molecule has 1 saturated heterocycles. The minimum atomic E-state index is -1.25. The number of rotatable bonds is 7. The molecule has 0 radical (unpaired) electrons. The van der Waals surface area contributed by atoms with Crippen molar-refractivity contribution in [3.63, 3.8) is 0 Å². The van der Waals surface area contributed by atoms with E-state index in [9.17, 15) is 14.4 Å². The molecule has 0 aromatic heterocycles. The first-order chi connectivity index (χ1) is 13.3. The Morgan fingerprint density at radius 3 is 2.00 bits per heavy atom. The molecular formula is C20H36N2O6S. The normalized spacial score (nSPS) is 20.0. The Bertz CT molecular complexity index is 557. The van der Waals surface area contributed by atoms with Crippen molar-refractivity contribution in [2.45, 2.75) is 77.4 Å². The molecule has 8 nitrogen and oxygen atoms in total. The van der Waals surface area contributed by atoms with Gasteiger partial charge in [0.05, 0.1) is 12.6 Å². The number of hydrogen-bond acceptors (Lipinski definition) is 8. The SMILES string of the molecule is CCOC(=O)N1C[C@H](SCCN)C[C@H]1C(C(=O)OC(C)(C)C)C(=O)OC(C)(C)C. The smallest absolute Gasteiger partial charge is 0.410 e. The number of carbonyl (C=O) groups excluding carboxylic acids is 3. The van der Waals surface area contributed by atoms with Crippen LogP contribution < -0.4 is 5.73 Å². The fourth-order valence-corrected chi connectivity index (χ4v) is 4.12. The molecule has 1 amide bonds. The monoisotopic (exact) mass is 432 g/mol. The second-order valence-corrected chi connectivity index (χ2v) is 10.4. The molecule has 2 atom stereocenters. The van der Waals surface area contributed by atoms with E-state index in [2.05, 4.69) is 0 Å². The Kier molecular flexibility index (Phi) is 9.27. The third-order valence-corrected chi connectivity index (χ3v) is 5.27. The quantitative estimate of drug-likeness (QED) is 0.371. The second-order valence-electron chi connectivity index (χ2n) is 8.98. The molecule has 2 N–H and O–H groups in total. The zero-order chi connectivity index (χ0) is 22.4. The van der Waals surface area contributed by atoms with Gasteiger partial charge in [0.15, 0.2) is 5.92 Å². The highest BCUT2D eigenvalue weighted by atomic mass is 32.2. The number of thioether (sulfide) groups is 1. The predicted molar refractivity (Wildman–Crippen MR) is 113 cm³/mol. The Hall–Kier alpha value is -1.48. The Morgan fingerprint density at radius 2 is 1.59 bits per heavy atom. The number of carbonyl (C=O) groups is 3. The topological polar surface area (TPSA) is 108 Å². The van der Waals surface area contributed by atoms with Crippen molar-refractivity contribution in [3.8, 4) is 0 Å². The van der Waals surface area contributed by atoms with Gasteiger partial charge in [-0.15, -0.1) is 0 Å². The molecule has 0 unspecified atom stereocenters. The van der Waals surface area contributed by atoms with Gasteiger partial charge >= 0.3 is 18.0 Å². The fourth-order valence-electron chi connectivity index (χ4n) is 3.05. The van der Waals surface area contributed by atoms with E-state index in [1.165, 1.54) is 4.90 Å². The first kappa shape index (κ1) is 25.6. The van der Waals surface area contributed by atoms with Gasteiger partial charge in [0.25, 0.3) is 0 Å². The Labute approximate surface area is 178 Å². The van der Waals surface area contributed by atoms with Crippen molar-refractivity contribution < 1.29 is 28.6 Å². The molecule has 1 aliphatic rings. The average molecular weight is 433 g/mol. The van der Waals surface area contributed by atoms with E-state index in [0.717, 1.165) is 5.75 Å². The number of ether oxygens (including phenoxy) is 3. The lowest BCUT2D eigenvalue weighted by Gasteiger charge is -2.32.